The van der Waals surface area contributed by atoms with E-state index in [1.54, 1.807) is 7.11 Å². The second-order valence-corrected chi connectivity index (χ2v) is 5.31. The van der Waals surface area contributed by atoms with Crippen LogP contribution in [0.4, 0.5) is 0 Å². The zero-order valence-corrected chi connectivity index (χ0v) is 11.1. The maximum atomic E-state index is 5.26. The topological polar surface area (TPSA) is 21.3 Å². The molecule has 0 spiro atoms. The maximum absolute atomic E-state index is 5.26. The molecule has 1 aliphatic rings. The van der Waals surface area contributed by atoms with E-state index < -0.39 is 0 Å². The SMILES string of the molecule is COCC(NCC1Cc2ccccc21)C(C)C. The minimum atomic E-state index is 0.466. The van der Waals surface area contributed by atoms with Crippen LogP contribution in [-0.4, -0.2) is 26.3 Å². The fraction of sp³-hybridized carbons (Fsp3) is 0.600. The molecule has 94 valence electrons. The zero-order valence-electron chi connectivity index (χ0n) is 11.1. The van der Waals surface area contributed by atoms with E-state index in [0.717, 1.165) is 13.2 Å². The van der Waals surface area contributed by atoms with Crippen molar-refractivity contribution in [2.24, 2.45) is 5.92 Å². The Morgan fingerprint density at radius 3 is 2.76 bits per heavy atom. The molecule has 0 aliphatic heterocycles. The molecule has 0 heterocycles. The molecular weight excluding hydrogens is 210 g/mol. The molecule has 0 aromatic heterocycles. The lowest BCUT2D eigenvalue weighted by molar-refractivity contribution is 0.146. The first-order chi connectivity index (χ1) is 8.22. The van der Waals surface area contributed by atoms with Gasteiger partial charge in [0.1, 0.15) is 0 Å². The minimum absolute atomic E-state index is 0.466. The van der Waals surface area contributed by atoms with Gasteiger partial charge >= 0.3 is 0 Å². The van der Waals surface area contributed by atoms with Crippen LogP contribution in [0.2, 0.25) is 0 Å². The van der Waals surface area contributed by atoms with Crippen LogP contribution in [0.3, 0.4) is 0 Å². The highest BCUT2D eigenvalue weighted by Gasteiger charge is 2.26. The van der Waals surface area contributed by atoms with Gasteiger partial charge in [0.25, 0.3) is 0 Å². The van der Waals surface area contributed by atoms with Gasteiger partial charge in [-0.2, -0.15) is 0 Å². The molecule has 2 unspecified atom stereocenters. The van der Waals surface area contributed by atoms with Gasteiger partial charge in [0.05, 0.1) is 6.61 Å². The summed E-state index contributed by atoms with van der Waals surface area (Å²) in [6, 6.07) is 9.23. The lowest BCUT2D eigenvalue weighted by atomic mass is 9.77. The lowest BCUT2D eigenvalue weighted by Crippen LogP contribution is -2.41. The summed E-state index contributed by atoms with van der Waals surface area (Å²) >= 11 is 0. The predicted octanol–water partition coefficient (Wildman–Crippen LogP) is 2.59. The second kappa shape index (κ2) is 5.65. The molecule has 2 rings (SSSR count). The average Bonchev–Trinajstić information content (AvgIpc) is 2.28. The van der Waals surface area contributed by atoms with Crippen molar-refractivity contribution in [3.05, 3.63) is 35.4 Å². The number of hydrogen-bond donors (Lipinski definition) is 1. The molecule has 1 aromatic rings. The second-order valence-electron chi connectivity index (χ2n) is 5.31. The van der Waals surface area contributed by atoms with Crippen LogP contribution in [0.25, 0.3) is 0 Å². The molecule has 0 bridgehead atoms. The summed E-state index contributed by atoms with van der Waals surface area (Å²) in [7, 11) is 1.77. The van der Waals surface area contributed by atoms with Crippen molar-refractivity contribution in [3.63, 3.8) is 0 Å². The van der Waals surface area contributed by atoms with Crippen molar-refractivity contribution >= 4 is 0 Å². The molecule has 0 saturated carbocycles. The van der Waals surface area contributed by atoms with Gasteiger partial charge < -0.3 is 10.1 Å². The van der Waals surface area contributed by atoms with E-state index in [2.05, 4.69) is 43.4 Å². The van der Waals surface area contributed by atoms with E-state index >= 15 is 0 Å². The third-order valence-electron chi connectivity index (χ3n) is 3.74. The molecule has 2 atom stereocenters. The van der Waals surface area contributed by atoms with E-state index in [1.807, 2.05) is 0 Å². The maximum Gasteiger partial charge on any atom is 0.0618 e. The number of ether oxygens (including phenoxy) is 1. The Morgan fingerprint density at radius 2 is 2.12 bits per heavy atom. The Bertz CT molecular complexity index is 362. The van der Waals surface area contributed by atoms with E-state index in [4.69, 9.17) is 4.74 Å². The smallest absolute Gasteiger partial charge is 0.0618 e. The predicted molar refractivity (Wildman–Crippen MR) is 71.4 cm³/mol. The largest absolute Gasteiger partial charge is 0.383 e. The van der Waals surface area contributed by atoms with Crippen LogP contribution in [0.1, 0.15) is 30.9 Å². The molecule has 0 amide bonds. The Hall–Kier alpha value is -0.860. The number of hydrogen-bond acceptors (Lipinski definition) is 2. The van der Waals surface area contributed by atoms with Crippen LogP contribution < -0.4 is 5.32 Å². The first-order valence-corrected chi connectivity index (χ1v) is 6.52. The van der Waals surface area contributed by atoms with Gasteiger partial charge in [-0.15, -0.1) is 0 Å². The summed E-state index contributed by atoms with van der Waals surface area (Å²) < 4.78 is 5.26. The van der Waals surface area contributed by atoms with Gasteiger partial charge in [-0.05, 0) is 23.5 Å². The average molecular weight is 233 g/mol. The van der Waals surface area contributed by atoms with Gasteiger partial charge in [-0.3, -0.25) is 0 Å². The zero-order chi connectivity index (χ0) is 12.3. The minimum Gasteiger partial charge on any atom is -0.383 e. The number of fused-ring (bicyclic) bond motifs is 1. The Labute approximate surface area is 104 Å². The fourth-order valence-electron chi connectivity index (χ4n) is 2.51. The molecule has 1 aliphatic carbocycles. The highest BCUT2D eigenvalue weighted by Crippen LogP contribution is 2.34. The molecule has 1 aromatic carbocycles. The van der Waals surface area contributed by atoms with Crippen LogP contribution in [-0.2, 0) is 11.2 Å². The van der Waals surface area contributed by atoms with Crippen LogP contribution in [0.15, 0.2) is 24.3 Å². The van der Waals surface area contributed by atoms with E-state index in [0.29, 0.717) is 17.9 Å². The first-order valence-electron chi connectivity index (χ1n) is 6.52. The van der Waals surface area contributed by atoms with E-state index in [1.165, 1.54) is 17.5 Å². The Kier molecular flexibility index (Phi) is 4.19. The van der Waals surface area contributed by atoms with Gasteiger partial charge in [0, 0.05) is 25.6 Å². The first kappa shape index (κ1) is 12.6. The number of nitrogens with one attached hydrogen (secondary N) is 1. The molecule has 1 N–H and O–H groups in total. The highest BCUT2D eigenvalue weighted by atomic mass is 16.5. The third-order valence-corrected chi connectivity index (χ3v) is 3.74. The van der Waals surface area contributed by atoms with E-state index in [-0.39, 0.29) is 0 Å². The standard InChI is InChI=1S/C15H23NO/c1-11(2)15(10-17-3)16-9-13-8-12-6-4-5-7-14(12)13/h4-7,11,13,15-16H,8-10H2,1-3H3. The molecule has 0 saturated heterocycles. The van der Waals surface area contributed by atoms with Crippen molar-refractivity contribution in [1.29, 1.82) is 0 Å². The van der Waals surface area contributed by atoms with Crippen molar-refractivity contribution in [2.45, 2.75) is 32.2 Å². The lowest BCUT2D eigenvalue weighted by Gasteiger charge is -2.32. The van der Waals surface area contributed by atoms with Crippen LogP contribution >= 0.6 is 0 Å². The summed E-state index contributed by atoms with van der Waals surface area (Å²) in [5.41, 5.74) is 3.05. The number of rotatable bonds is 6. The van der Waals surface area contributed by atoms with Gasteiger partial charge in [0.2, 0.25) is 0 Å². The van der Waals surface area contributed by atoms with Crippen LogP contribution in [0, 0.1) is 5.92 Å². The van der Waals surface area contributed by atoms with Gasteiger partial charge in [-0.25, -0.2) is 0 Å². The van der Waals surface area contributed by atoms with Gasteiger partial charge in [-0.1, -0.05) is 38.1 Å². The fourth-order valence-corrected chi connectivity index (χ4v) is 2.51. The van der Waals surface area contributed by atoms with Crippen molar-refractivity contribution < 1.29 is 4.74 Å². The van der Waals surface area contributed by atoms with Crippen molar-refractivity contribution in [3.8, 4) is 0 Å². The summed E-state index contributed by atoms with van der Waals surface area (Å²) in [5.74, 6) is 1.31. The number of benzene rings is 1. The summed E-state index contributed by atoms with van der Waals surface area (Å²) in [6.45, 7) is 6.35. The Balaban J connectivity index is 1.84. The van der Waals surface area contributed by atoms with Crippen molar-refractivity contribution in [2.75, 3.05) is 20.3 Å². The summed E-state index contributed by atoms with van der Waals surface area (Å²) in [5, 5.41) is 3.64. The molecule has 0 radical (unpaired) electrons. The highest BCUT2D eigenvalue weighted by molar-refractivity contribution is 5.40. The summed E-state index contributed by atoms with van der Waals surface area (Å²) in [6.07, 6.45) is 1.22. The van der Waals surface area contributed by atoms with Crippen LogP contribution in [0.5, 0.6) is 0 Å². The van der Waals surface area contributed by atoms with Crippen molar-refractivity contribution in [1.82, 2.24) is 5.32 Å². The molecule has 2 nitrogen and oxygen atoms in total. The van der Waals surface area contributed by atoms with Gasteiger partial charge in [0.15, 0.2) is 0 Å². The molecule has 17 heavy (non-hydrogen) atoms. The normalized spacial score (nSPS) is 19.9. The summed E-state index contributed by atoms with van der Waals surface area (Å²) in [4.78, 5) is 0. The monoisotopic (exact) mass is 233 g/mol. The number of methoxy groups -OCH3 is 1. The molecule has 0 fully saturated rings. The van der Waals surface area contributed by atoms with E-state index in [9.17, 15) is 0 Å². The molecular formula is C15H23NO. The third kappa shape index (κ3) is 2.88. The quantitative estimate of drug-likeness (QED) is 0.815. The Morgan fingerprint density at radius 1 is 1.35 bits per heavy atom. The molecule has 2 heteroatoms.